The molecule has 1 heterocycles. The van der Waals surface area contributed by atoms with Gasteiger partial charge in [0.25, 0.3) is 0 Å². The van der Waals surface area contributed by atoms with Gasteiger partial charge in [-0.1, -0.05) is 58.4 Å². The largest absolute Gasteiger partial charge is 0.486 e. The third-order valence-electron chi connectivity index (χ3n) is 6.83. The van der Waals surface area contributed by atoms with E-state index in [1.807, 2.05) is 61.5 Å². The monoisotopic (exact) mass is 657 g/mol. The van der Waals surface area contributed by atoms with Crippen molar-refractivity contribution in [1.82, 2.24) is 10.2 Å². The molecule has 3 aromatic carbocycles. The van der Waals surface area contributed by atoms with Gasteiger partial charge in [0.2, 0.25) is 21.8 Å². The van der Waals surface area contributed by atoms with Gasteiger partial charge in [-0.2, -0.15) is 0 Å². The summed E-state index contributed by atoms with van der Waals surface area (Å²) >= 11 is 3.49. The number of nitrogens with one attached hydrogen (secondary N) is 1. The second kappa shape index (κ2) is 14.6. The Kier molecular flexibility index (Phi) is 10.9. The summed E-state index contributed by atoms with van der Waals surface area (Å²) < 4.78 is 38.8. The second-order valence-electron chi connectivity index (χ2n) is 10.0. The lowest BCUT2D eigenvalue weighted by molar-refractivity contribution is -0.141. The van der Waals surface area contributed by atoms with Gasteiger partial charge in [-0.05, 0) is 48.7 Å². The van der Waals surface area contributed by atoms with E-state index in [9.17, 15) is 18.0 Å². The van der Waals surface area contributed by atoms with Gasteiger partial charge < -0.3 is 19.7 Å². The fourth-order valence-corrected chi connectivity index (χ4v) is 6.27. The van der Waals surface area contributed by atoms with Gasteiger partial charge >= 0.3 is 0 Å². The molecule has 1 atom stereocenters. The van der Waals surface area contributed by atoms with Crippen LogP contribution in [0.4, 0.5) is 5.69 Å². The summed E-state index contributed by atoms with van der Waals surface area (Å²) in [4.78, 5) is 28.8. The van der Waals surface area contributed by atoms with Gasteiger partial charge in [-0.25, -0.2) is 8.42 Å². The number of carbonyl (C=O) groups excluding carboxylic acids is 2. The molecule has 0 fully saturated rings. The summed E-state index contributed by atoms with van der Waals surface area (Å²) in [6.07, 6.45) is 1.79. The number of hydrogen-bond donors (Lipinski definition) is 1. The van der Waals surface area contributed by atoms with E-state index in [4.69, 9.17) is 9.47 Å². The molecule has 0 bridgehead atoms. The summed E-state index contributed by atoms with van der Waals surface area (Å²) in [5.74, 6) is 0.567. The highest BCUT2D eigenvalue weighted by atomic mass is 79.9. The number of rotatable bonds is 13. The van der Waals surface area contributed by atoms with E-state index in [0.29, 0.717) is 43.4 Å². The Hall–Kier alpha value is -3.57. The molecule has 9 nitrogen and oxygen atoms in total. The molecule has 0 saturated carbocycles. The SMILES string of the molecule is CCNC(=O)[C@H](Cc1ccccc1)N(Cc1cccc(Br)c1)C(=O)CCCN(c1ccc2c(c1)OCCO2)S(C)(=O)=O. The molecule has 0 saturated heterocycles. The summed E-state index contributed by atoms with van der Waals surface area (Å²) in [6.45, 7) is 3.40. The molecule has 0 spiro atoms. The Labute approximate surface area is 256 Å². The number of benzene rings is 3. The Morgan fingerprint density at radius 2 is 1.67 bits per heavy atom. The van der Waals surface area contributed by atoms with Crippen LogP contribution in [0.2, 0.25) is 0 Å². The lowest BCUT2D eigenvalue weighted by Crippen LogP contribution is -2.50. The van der Waals surface area contributed by atoms with Crippen molar-refractivity contribution in [2.45, 2.75) is 38.8 Å². The van der Waals surface area contributed by atoms with Gasteiger partial charge in [0.05, 0.1) is 11.9 Å². The quantitative estimate of drug-likeness (QED) is 0.289. The molecule has 1 aliphatic heterocycles. The predicted octanol–water partition coefficient (Wildman–Crippen LogP) is 4.54. The number of nitrogens with zero attached hydrogens (tertiary/aromatic N) is 2. The van der Waals surface area contributed by atoms with Crippen LogP contribution < -0.4 is 19.1 Å². The van der Waals surface area contributed by atoms with Crippen LogP contribution >= 0.6 is 15.9 Å². The van der Waals surface area contributed by atoms with Crippen molar-refractivity contribution in [1.29, 1.82) is 0 Å². The number of sulfonamides is 1. The van der Waals surface area contributed by atoms with Crippen molar-refractivity contribution in [2.75, 3.05) is 36.9 Å². The molecule has 1 N–H and O–H groups in total. The van der Waals surface area contributed by atoms with E-state index in [2.05, 4.69) is 21.2 Å². The highest BCUT2D eigenvalue weighted by Crippen LogP contribution is 2.35. The lowest BCUT2D eigenvalue weighted by Gasteiger charge is -2.32. The van der Waals surface area contributed by atoms with Gasteiger partial charge in [-0.3, -0.25) is 13.9 Å². The molecular formula is C31H36BrN3O6S. The number of fused-ring (bicyclic) bond motifs is 1. The maximum Gasteiger partial charge on any atom is 0.243 e. The van der Waals surface area contributed by atoms with E-state index in [0.717, 1.165) is 21.9 Å². The van der Waals surface area contributed by atoms with Crippen molar-refractivity contribution in [3.8, 4) is 11.5 Å². The lowest BCUT2D eigenvalue weighted by atomic mass is 10.0. The zero-order chi connectivity index (χ0) is 30.1. The minimum atomic E-state index is -3.65. The highest BCUT2D eigenvalue weighted by Gasteiger charge is 2.30. The van der Waals surface area contributed by atoms with Crippen LogP contribution in [0.15, 0.2) is 77.3 Å². The first-order valence-electron chi connectivity index (χ1n) is 13.9. The average Bonchev–Trinajstić information content (AvgIpc) is 2.97. The zero-order valence-corrected chi connectivity index (χ0v) is 26.2. The molecule has 1 aliphatic rings. The number of anilines is 1. The van der Waals surface area contributed by atoms with Gasteiger partial charge in [0.15, 0.2) is 11.5 Å². The predicted molar refractivity (Wildman–Crippen MR) is 166 cm³/mol. The van der Waals surface area contributed by atoms with Gasteiger partial charge in [-0.15, -0.1) is 0 Å². The number of halogens is 1. The maximum atomic E-state index is 13.9. The second-order valence-corrected chi connectivity index (χ2v) is 12.8. The maximum absolute atomic E-state index is 13.9. The zero-order valence-electron chi connectivity index (χ0n) is 23.8. The fraction of sp³-hybridized carbons (Fsp3) is 0.355. The summed E-state index contributed by atoms with van der Waals surface area (Å²) in [5.41, 5.74) is 2.24. The molecule has 0 aliphatic carbocycles. The molecule has 224 valence electrons. The van der Waals surface area contributed by atoms with Crippen LogP contribution in [0.1, 0.15) is 30.9 Å². The highest BCUT2D eigenvalue weighted by molar-refractivity contribution is 9.10. The van der Waals surface area contributed by atoms with Crippen molar-refractivity contribution < 1.29 is 27.5 Å². The summed E-state index contributed by atoms with van der Waals surface area (Å²) in [5, 5.41) is 2.89. The number of carbonyl (C=O) groups is 2. The fourth-order valence-electron chi connectivity index (χ4n) is 4.87. The van der Waals surface area contributed by atoms with Crippen molar-refractivity contribution in [2.24, 2.45) is 0 Å². The Morgan fingerprint density at radius 3 is 2.36 bits per heavy atom. The molecule has 2 amide bonds. The van der Waals surface area contributed by atoms with Gasteiger partial charge in [0, 0.05) is 43.0 Å². The normalized spacial score (nSPS) is 13.2. The first kappa shape index (κ1) is 31.4. The molecule has 3 aromatic rings. The van der Waals surface area contributed by atoms with Crippen molar-refractivity contribution >= 4 is 43.5 Å². The summed E-state index contributed by atoms with van der Waals surface area (Å²) in [6, 6.07) is 21.5. The van der Waals surface area contributed by atoms with E-state index in [1.54, 1.807) is 23.1 Å². The van der Waals surface area contributed by atoms with Crippen LogP contribution in [0.5, 0.6) is 11.5 Å². The number of hydrogen-bond acceptors (Lipinski definition) is 6. The molecule has 11 heteroatoms. The topological polar surface area (TPSA) is 105 Å². The van der Waals surface area contributed by atoms with E-state index >= 15 is 0 Å². The van der Waals surface area contributed by atoms with E-state index < -0.39 is 16.1 Å². The van der Waals surface area contributed by atoms with Crippen molar-refractivity contribution in [3.05, 3.63) is 88.4 Å². The van der Waals surface area contributed by atoms with Crippen LogP contribution in [-0.4, -0.2) is 63.7 Å². The first-order valence-corrected chi connectivity index (χ1v) is 16.5. The number of ether oxygens (including phenoxy) is 2. The summed E-state index contributed by atoms with van der Waals surface area (Å²) in [7, 11) is -3.65. The molecule has 4 rings (SSSR count). The Balaban J connectivity index is 1.56. The Bertz CT molecular complexity index is 1480. The van der Waals surface area contributed by atoms with Crippen LogP contribution in [0.25, 0.3) is 0 Å². The van der Waals surface area contributed by atoms with Crippen LogP contribution in [-0.2, 0) is 32.6 Å². The molecular weight excluding hydrogens is 622 g/mol. The van der Waals surface area contributed by atoms with Crippen LogP contribution in [0.3, 0.4) is 0 Å². The smallest absolute Gasteiger partial charge is 0.243 e. The van der Waals surface area contributed by atoms with Crippen molar-refractivity contribution in [3.63, 3.8) is 0 Å². The number of likely N-dealkylation sites (N-methyl/N-ethyl adjacent to an activating group) is 1. The van der Waals surface area contributed by atoms with Crippen LogP contribution in [0, 0.1) is 0 Å². The van der Waals surface area contributed by atoms with E-state index in [1.165, 1.54) is 4.31 Å². The standard InChI is InChI=1S/C31H36BrN3O6S/c1-3-33-31(37)27(20-23-9-5-4-6-10-23)34(22-24-11-7-12-25(32)19-24)30(36)13-8-16-35(42(2,38)39)26-14-15-28-29(21-26)41-18-17-40-28/h4-7,9-12,14-15,19,21,27H,3,8,13,16-18,20,22H2,1-2H3,(H,33,37)/t27-/m0/s1. The average molecular weight is 659 g/mol. The Morgan fingerprint density at radius 1 is 0.952 bits per heavy atom. The molecule has 42 heavy (non-hydrogen) atoms. The molecule has 0 unspecified atom stereocenters. The first-order chi connectivity index (χ1) is 20.2. The third-order valence-corrected chi connectivity index (χ3v) is 8.52. The van der Waals surface area contributed by atoms with Gasteiger partial charge in [0.1, 0.15) is 19.3 Å². The molecule has 0 aromatic heterocycles. The van der Waals surface area contributed by atoms with E-state index in [-0.39, 0.29) is 37.7 Å². The third kappa shape index (κ3) is 8.48. The minimum Gasteiger partial charge on any atom is -0.486 e. The molecule has 0 radical (unpaired) electrons. The number of amides is 2. The minimum absolute atomic E-state index is 0.0509.